The average Bonchev–Trinajstić information content (AvgIpc) is 3.63. The van der Waals surface area contributed by atoms with Gasteiger partial charge >= 0.3 is 5.97 Å². The Hall–Kier alpha value is -2.75. The molecule has 0 aliphatic carbocycles. The summed E-state index contributed by atoms with van der Waals surface area (Å²) in [5.41, 5.74) is 0.285. The van der Waals surface area contributed by atoms with Crippen molar-refractivity contribution in [2.45, 2.75) is 25.2 Å². The molecule has 0 spiro atoms. The Morgan fingerprint density at radius 2 is 1.50 bits per heavy atom. The highest BCUT2D eigenvalue weighted by Gasteiger charge is 2.36. The maximum Gasteiger partial charge on any atom is 0.337 e. The lowest BCUT2D eigenvalue weighted by Crippen LogP contribution is -2.04. The summed E-state index contributed by atoms with van der Waals surface area (Å²) in [5, 5.41) is 31.6. The van der Waals surface area contributed by atoms with Crippen LogP contribution in [-0.4, -0.2) is 33.7 Å². The number of carboxylic acid groups (broad SMARTS) is 1. The molecule has 0 amide bonds. The summed E-state index contributed by atoms with van der Waals surface area (Å²) in [7, 11) is 0. The number of aromatic hydroxyl groups is 1. The van der Waals surface area contributed by atoms with Crippen LogP contribution in [0.15, 0.2) is 45.6 Å². The molecule has 1 aromatic heterocycles. The monoisotopic (exact) mass is 638 g/mol. The number of aliphatic hydroxyl groups is 1. The Labute approximate surface area is 249 Å². The quantitative estimate of drug-likeness (QED) is 0.0584. The van der Waals surface area contributed by atoms with E-state index in [1.807, 2.05) is 0 Å². The fraction of sp³-hybridized carbons (Fsp3) is 0.143. The molecule has 2 atom stereocenters. The first-order valence-electron chi connectivity index (χ1n) is 11.8. The summed E-state index contributed by atoms with van der Waals surface area (Å²) in [5.74, 6) is -1.67. The SMILES string of the molecule is O=C(O)c1c(Cl)c(Cl)c(Cl)c(Cl)c1-c1c2cc(CCC3OC3O)c(O)c(Cl)c2oc2c1ccc1cc(=O)ccc12. The van der Waals surface area contributed by atoms with Crippen molar-refractivity contribution < 1.29 is 29.3 Å². The number of aromatic carboxylic acids is 1. The van der Waals surface area contributed by atoms with Crippen molar-refractivity contribution in [3.8, 4) is 16.9 Å². The summed E-state index contributed by atoms with van der Waals surface area (Å²) in [6.45, 7) is 0. The second-order valence-corrected chi connectivity index (χ2v) is 11.2. The lowest BCUT2D eigenvalue weighted by Gasteiger charge is -2.20. The van der Waals surface area contributed by atoms with Gasteiger partial charge in [0, 0.05) is 27.3 Å². The number of hydrogen-bond donors (Lipinski definition) is 3. The second kappa shape index (κ2) is 9.96. The van der Waals surface area contributed by atoms with Gasteiger partial charge in [-0.3, -0.25) is 4.79 Å². The molecule has 0 bridgehead atoms. The summed E-state index contributed by atoms with van der Waals surface area (Å²) in [4.78, 5) is 24.6. The van der Waals surface area contributed by atoms with Crippen molar-refractivity contribution >= 4 is 96.7 Å². The van der Waals surface area contributed by atoms with Crippen molar-refractivity contribution in [2.75, 3.05) is 0 Å². The zero-order valence-electron chi connectivity index (χ0n) is 19.9. The maximum absolute atomic E-state index is 12.6. The number of ether oxygens (including phenoxy) is 1. The summed E-state index contributed by atoms with van der Waals surface area (Å²) >= 11 is 32.4. The lowest BCUT2D eigenvalue weighted by molar-refractivity contribution is 0.0698. The third kappa shape index (κ3) is 4.28. The highest BCUT2D eigenvalue weighted by Crippen LogP contribution is 2.51. The fourth-order valence-corrected chi connectivity index (χ4v) is 6.25. The first-order valence-corrected chi connectivity index (χ1v) is 13.6. The number of fused-ring (bicyclic) bond motifs is 4. The van der Waals surface area contributed by atoms with E-state index < -0.39 is 17.8 Å². The van der Waals surface area contributed by atoms with Crippen molar-refractivity contribution in [3.05, 3.63) is 82.9 Å². The van der Waals surface area contributed by atoms with Crippen LogP contribution in [0.1, 0.15) is 22.3 Å². The number of aryl methyl sites for hydroxylation is 1. The van der Waals surface area contributed by atoms with Crippen LogP contribution in [0.2, 0.25) is 25.1 Å². The number of epoxide rings is 1. The summed E-state index contributed by atoms with van der Waals surface area (Å²) in [6.07, 6.45) is -0.593. The molecule has 204 valence electrons. The van der Waals surface area contributed by atoms with Crippen molar-refractivity contribution in [1.29, 1.82) is 0 Å². The number of benzene rings is 4. The molecule has 40 heavy (non-hydrogen) atoms. The molecular weight excluding hydrogens is 626 g/mol. The van der Waals surface area contributed by atoms with E-state index in [0.29, 0.717) is 33.5 Å². The van der Waals surface area contributed by atoms with Crippen LogP contribution in [0.25, 0.3) is 43.8 Å². The third-order valence-corrected chi connectivity index (χ3v) is 9.10. The van der Waals surface area contributed by atoms with E-state index in [0.717, 1.165) is 0 Å². The zero-order chi connectivity index (χ0) is 28.6. The highest BCUT2D eigenvalue weighted by molar-refractivity contribution is 6.54. The Morgan fingerprint density at radius 1 is 0.825 bits per heavy atom. The van der Waals surface area contributed by atoms with E-state index in [-0.39, 0.29) is 71.1 Å². The van der Waals surface area contributed by atoms with Gasteiger partial charge in [-0.15, -0.1) is 0 Å². The molecule has 7 nitrogen and oxygen atoms in total. The molecule has 5 aromatic rings. The Bertz CT molecular complexity index is 1990. The molecule has 0 saturated carbocycles. The smallest absolute Gasteiger partial charge is 0.337 e. The number of carboxylic acids is 1. The number of hydrogen-bond acceptors (Lipinski definition) is 6. The minimum atomic E-state index is -1.41. The van der Waals surface area contributed by atoms with Crippen LogP contribution in [0, 0.1) is 0 Å². The minimum Gasteiger partial charge on any atom is -0.506 e. The van der Waals surface area contributed by atoms with Crippen molar-refractivity contribution in [1.82, 2.24) is 0 Å². The van der Waals surface area contributed by atoms with Crippen LogP contribution in [0.4, 0.5) is 0 Å². The Kier molecular flexibility index (Phi) is 6.83. The number of aliphatic hydroxyl groups excluding tert-OH is 1. The van der Waals surface area contributed by atoms with Crippen molar-refractivity contribution in [2.24, 2.45) is 0 Å². The van der Waals surface area contributed by atoms with Gasteiger partial charge in [-0.05, 0) is 54.1 Å². The van der Waals surface area contributed by atoms with Gasteiger partial charge in [0.1, 0.15) is 22.5 Å². The van der Waals surface area contributed by atoms with Crippen LogP contribution >= 0.6 is 58.0 Å². The molecule has 1 fully saturated rings. The Balaban J connectivity index is 1.81. The largest absolute Gasteiger partial charge is 0.506 e. The molecule has 0 radical (unpaired) electrons. The molecule has 6 rings (SSSR count). The van der Waals surface area contributed by atoms with Gasteiger partial charge in [0.25, 0.3) is 0 Å². The fourth-order valence-electron chi connectivity index (χ4n) is 4.96. The summed E-state index contributed by atoms with van der Waals surface area (Å²) < 4.78 is 11.3. The maximum atomic E-state index is 12.6. The molecule has 3 N–H and O–H groups in total. The topological polar surface area (TPSA) is 120 Å². The lowest BCUT2D eigenvalue weighted by atomic mass is 9.90. The standard InChI is InChI=1S/C28H15Cl5O7/c29-19-17(18(27(36)37)20(30)22(32)21(19)31)16-13-4-1-9-7-11(34)3-5-12(9)25(13)40-26-14(16)8-10(24(35)23(26)33)2-6-15-28(38)39-15/h1,3-5,7-8,15,28,35,38H,2,6H2,(H,36,37). The van der Waals surface area contributed by atoms with Crippen LogP contribution in [-0.2, 0) is 11.2 Å². The second-order valence-electron chi connectivity index (χ2n) is 9.29. The van der Waals surface area contributed by atoms with E-state index in [2.05, 4.69) is 0 Å². The third-order valence-electron chi connectivity index (χ3n) is 6.94. The van der Waals surface area contributed by atoms with E-state index in [1.165, 1.54) is 12.1 Å². The molecule has 1 aliphatic heterocycles. The average molecular weight is 641 g/mol. The van der Waals surface area contributed by atoms with Gasteiger partial charge in [-0.25, -0.2) is 4.79 Å². The molecule has 4 aromatic carbocycles. The predicted molar refractivity (Wildman–Crippen MR) is 156 cm³/mol. The Morgan fingerprint density at radius 3 is 2.17 bits per heavy atom. The van der Waals surface area contributed by atoms with E-state index >= 15 is 0 Å². The van der Waals surface area contributed by atoms with Gasteiger partial charge in [-0.1, -0.05) is 64.1 Å². The number of rotatable bonds is 5. The molecule has 2 unspecified atom stereocenters. The number of phenolic OH excluding ortho intramolecular Hbond substituents is 1. The molecule has 12 heteroatoms. The highest BCUT2D eigenvalue weighted by atomic mass is 35.5. The molecular formula is C28H15Cl5O7. The van der Waals surface area contributed by atoms with Crippen LogP contribution < -0.4 is 5.43 Å². The van der Waals surface area contributed by atoms with E-state index in [1.54, 1.807) is 24.3 Å². The van der Waals surface area contributed by atoms with Gasteiger partial charge in [0.05, 0.1) is 25.7 Å². The number of phenols is 1. The number of carbonyl (C=O) groups is 1. The molecule has 1 saturated heterocycles. The van der Waals surface area contributed by atoms with E-state index in [4.69, 9.17) is 67.2 Å². The molecule has 2 heterocycles. The number of halogens is 5. The summed E-state index contributed by atoms with van der Waals surface area (Å²) in [6, 6.07) is 9.31. The van der Waals surface area contributed by atoms with Crippen LogP contribution in [0.3, 0.4) is 0 Å². The minimum absolute atomic E-state index is 0.0291. The van der Waals surface area contributed by atoms with Gasteiger partial charge in [-0.2, -0.15) is 0 Å². The van der Waals surface area contributed by atoms with Gasteiger partial charge in [0.15, 0.2) is 17.3 Å². The van der Waals surface area contributed by atoms with Crippen molar-refractivity contribution in [3.63, 3.8) is 0 Å². The van der Waals surface area contributed by atoms with Gasteiger partial charge in [0.2, 0.25) is 0 Å². The first-order chi connectivity index (χ1) is 19.0. The van der Waals surface area contributed by atoms with Gasteiger partial charge < -0.3 is 24.5 Å². The van der Waals surface area contributed by atoms with Crippen LogP contribution in [0.5, 0.6) is 5.75 Å². The van der Waals surface area contributed by atoms with E-state index in [9.17, 15) is 24.9 Å². The molecule has 1 aliphatic rings. The zero-order valence-corrected chi connectivity index (χ0v) is 23.7. The predicted octanol–water partition coefficient (Wildman–Crippen LogP) is 8.09. The first kappa shape index (κ1) is 27.4. The normalized spacial score (nSPS) is 16.8.